The molecule has 1 unspecified atom stereocenters. The van der Waals surface area contributed by atoms with Gasteiger partial charge in [-0.3, -0.25) is 0 Å². The van der Waals surface area contributed by atoms with E-state index < -0.39 is 6.61 Å². The Morgan fingerprint density at radius 3 is 2.81 bits per heavy atom. The van der Waals surface area contributed by atoms with Crippen molar-refractivity contribution in [3.63, 3.8) is 0 Å². The van der Waals surface area contributed by atoms with E-state index >= 15 is 0 Å². The summed E-state index contributed by atoms with van der Waals surface area (Å²) in [5.41, 5.74) is 2.81. The number of fused-ring (bicyclic) bond motifs is 1. The first-order valence-corrected chi connectivity index (χ1v) is 8.33. The summed E-state index contributed by atoms with van der Waals surface area (Å²) in [4.78, 5) is 6.58. The number of hydrogen-bond donors (Lipinski definition) is 0. The summed E-state index contributed by atoms with van der Waals surface area (Å²) in [6, 6.07) is 14.9. The maximum absolute atomic E-state index is 12.6. The van der Waals surface area contributed by atoms with Crippen molar-refractivity contribution in [2.75, 3.05) is 4.90 Å². The van der Waals surface area contributed by atoms with E-state index in [0.29, 0.717) is 24.0 Å². The van der Waals surface area contributed by atoms with Crippen molar-refractivity contribution in [2.45, 2.75) is 32.5 Å². The fourth-order valence-corrected chi connectivity index (χ4v) is 3.29. The van der Waals surface area contributed by atoms with Crippen molar-refractivity contribution in [3.05, 3.63) is 60.0 Å². The number of rotatable bonds is 5. The second kappa shape index (κ2) is 6.74. The fourth-order valence-electron chi connectivity index (χ4n) is 3.29. The predicted octanol–water partition coefficient (Wildman–Crippen LogP) is 4.29. The Morgan fingerprint density at radius 1 is 1.19 bits per heavy atom. The van der Waals surface area contributed by atoms with E-state index in [1.165, 1.54) is 11.6 Å². The van der Waals surface area contributed by atoms with Gasteiger partial charge < -0.3 is 14.2 Å². The highest BCUT2D eigenvalue weighted by Gasteiger charge is 2.27. The van der Waals surface area contributed by atoms with Gasteiger partial charge >= 0.3 is 6.61 Å². The van der Waals surface area contributed by atoms with Crippen molar-refractivity contribution >= 4 is 5.69 Å². The molecule has 0 aliphatic carbocycles. The van der Waals surface area contributed by atoms with Crippen LogP contribution in [-0.4, -0.2) is 22.8 Å². The smallest absolute Gasteiger partial charge is 0.387 e. The molecule has 0 spiro atoms. The van der Waals surface area contributed by atoms with E-state index in [1.807, 2.05) is 12.1 Å². The summed E-state index contributed by atoms with van der Waals surface area (Å²) in [7, 11) is 0. The molecule has 5 nitrogen and oxygen atoms in total. The Hall–Kier alpha value is -2.96. The SMILES string of the molecule is CC1Cc2ccccc2N1Cc1nc(-c2ccccc2OC(F)F)no1. The maximum Gasteiger partial charge on any atom is 0.387 e. The summed E-state index contributed by atoms with van der Waals surface area (Å²) in [5, 5.41) is 3.94. The van der Waals surface area contributed by atoms with Crippen LogP contribution in [0.15, 0.2) is 53.1 Å². The maximum atomic E-state index is 12.6. The molecule has 4 rings (SSSR count). The van der Waals surface area contributed by atoms with Gasteiger partial charge in [0.15, 0.2) is 0 Å². The van der Waals surface area contributed by atoms with Crippen LogP contribution in [0, 0.1) is 0 Å². The van der Waals surface area contributed by atoms with E-state index in [1.54, 1.807) is 18.2 Å². The Morgan fingerprint density at radius 2 is 1.96 bits per heavy atom. The molecule has 2 heterocycles. The summed E-state index contributed by atoms with van der Waals surface area (Å²) in [6.45, 7) is -0.309. The van der Waals surface area contributed by atoms with E-state index in [0.717, 1.165) is 12.1 Å². The monoisotopic (exact) mass is 357 g/mol. The molecule has 0 bridgehead atoms. The predicted molar refractivity (Wildman–Crippen MR) is 92.2 cm³/mol. The highest BCUT2D eigenvalue weighted by atomic mass is 19.3. The molecule has 0 N–H and O–H groups in total. The van der Waals surface area contributed by atoms with Crippen LogP contribution in [0.5, 0.6) is 5.75 Å². The number of anilines is 1. The van der Waals surface area contributed by atoms with Gasteiger partial charge in [-0.1, -0.05) is 35.5 Å². The van der Waals surface area contributed by atoms with Gasteiger partial charge in [-0.05, 0) is 37.1 Å². The van der Waals surface area contributed by atoms with Crippen molar-refractivity contribution < 1.29 is 18.0 Å². The molecule has 2 aromatic carbocycles. The summed E-state index contributed by atoms with van der Waals surface area (Å²) in [5.74, 6) is 0.682. The highest BCUT2D eigenvalue weighted by molar-refractivity contribution is 5.63. The molecule has 0 radical (unpaired) electrons. The number of aromatic nitrogens is 2. The van der Waals surface area contributed by atoms with Crippen LogP contribution in [-0.2, 0) is 13.0 Å². The van der Waals surface area contributed by atoms with Crippen LogP contribution in [0.2, 0.25) is 0 Å². The largest absolute Gasteiger partial charge is 0.434 e. The zero-order chi connectivity index (χ0) is 18.1. The zero-order valence-corrected chi connectivity index (χ0v) is 14.1. The fraction of sp³-hybridized carbons (Fsp3) is 0.263. The number of alkyl halides is 2. The standard InChI is InChI=1S/C19H17F2N3O2/c1-12-10-13-6-2-4-8-15(13)24(12)11-17-22-18(23-26-17)14-7-3-5-9-16(14)25-19(20)21/h2-9,12,19H,10-11H2,1H3. The third-order valence-electron chi connectivity index (χ3n) is 4.47. The Balaban J connectivity index is 1.58. The number of hydrogen-bond acceptors (Lipinski definition) is 5. The van der Waals surface area contributed by atoms with Crippen LogP contribution in [0.1, 0.15) is 18.4 Å². The minimum atomic E-state index is -2.91. The van der Waals surface area contributed by atoms with E-state index in [9.17, 15) is 8.78 Å². The van der Waals surface area contributed by atoms with Crippen LogP contribution in [0.4, 0.5) is 14.5 Å². The Kier molecular flexibility index (Phi) is 4.28. The average molecular weight is 357 g/mol. The van der Waals surface area contributed by atoms with Gasteiger partial charge in [0.25, 0.3) is 0 Å². The number of halogens is 2. The lowest BCUT2D eigenvalue weighted by molar-refractivity contribution is -0.0494. The third-order valence-corrected chi connectivity index (χ3v) is 4.47. The lowest BCUT2D eigenvalue weighted by Crippen LogP contribution is -2.28. The quantitative estimate of drug-likeness (QED) is 0.682. The summed E-state index contributed by atoms with van der Waals surface area (Å²) < 4.78 is 35.1. The topological polar surface area (TPSA) is 51.4 Å². The first-order valence-electron chi connectivity index (χ1n) is 8.33. The molecule has 134 valence electrons. The summed E-state index contributed by atoms with van der Waals surface area (Å²) in [6.07, 6.45) is 0.961. The van der Waals surface area contributed by atoms with Gasteiger partial charge in [-0.2, -0.15) is 13.8 Å². The lowest BCUT2D eigenvalue weighted by atomic mass is 10.1. The highest BCUT2D eigenvalue weighted by Crippen LogP contribution is 2.33. The molecule has 0 saturated carbocycles. The van der Waals surface area contributed by atoms with Crippen LogP contribution >= 0.6 is 0 Å². The Labute approximate surface area is 149 Å². The zero-order valence-electron chi connectivity index (χ0n) is 14.1. The molecule has 3 aromatic rings. The minimum absolute atomic E-state index is 0.0229. The normalized spacial score (nSPS) is 16.2. The van der Waals surface area contributed by atoms with Gasteiger partial charge in [0.2, 0.25) is 11.7 Å². The molecule has 1 aliphatic rings. The van der Waals surface area contributed by atoms with Gasteiger partial charge in [-0.15, -0.1) is 0 Å². The van der Waals surface area contributed by atoms with Crippen LogP contribution in [0.25, 0.3) is 11.4 Å². The summed E-state index contributed by atoms with van der Waals surface area (Å²) >= 11 is 0. The number of para-hydroxylation sites is 2. The molecule has 0 fully saturated rings. The molecule has 1 aromatic heterocycles. The number of nitrogens with zero attached hydrogens (tertiary/aromatic N) is 3. The first kappa shape index (κ1) is 16.5. The second-order valence-corrected chi connectivity index (χ2v) is 6.20. The molecule has 0 amide bonds. The van der Waals surface area contributed by atoms with Crippen molar-refractivity contribution in [3.8, 4) is 17.1 Å². The molecule has 1 aliphatic heterocycles. The van der Waals surface area contributed by atoms with Crippen molar-refractivity contribution in [1.29, 1.82) is 0 Å². The Bertz CT molecular complexity index is 913. The molecular formula is C19H17F2N3O2. The van der Waals surface area contributed by atoms with Gasteiger partial charge in [0.1, 0.15) is 5.75 Å². The third kappa shape index (κ3) is 3.12. The molecule has 7 heteroatoms. The average Bonchev–Trinajstić information content (AvgIpc) is 3.20. The first-order chi connectivity index (χ1) is 12.6. The lowest BCUT2D eigenvalue weighted by Gasteiger charge is -2.22. The van der Waals surface area contributed by atoms with Crippen LogP contribution < -0.4 is 9.64 Å². The van der Waals surface area contributed by atoms with Crippen molar-refractivity contribution in [2.24, 2.45) is 0 Å². The second-order valence-electron chi connectivity index (χ2n) is 6.20. The van der Waals surface area contributed by atoms with E-state index in [4.69, 9.17) is 4.52 Å². The number of benzene rings is 2. The van der Waals surface area contributed by atoms with E-state index in [2.05, 4.69) is 38.8 Å². The van der Waals surface area contributed by atoms with Gasteiger partial charge in [-0.25, -0.2) is 0 Å². The van der Waals surface area contributed by atoms with E-state index in [-0.39, 0.29) is 11.6 Å². The van der Waals surface area contributed by atoms with Crippen molar-refractivity contribution in [1.82, 2.24) is 10.1 Å². The molecule has 0 saturated heterocycles. The van der Waals surface area contributed by atoms with Gasteiger partial charge in [0.05, 0.1) is 12.1 Å². The van der Waals surface area contributed by atoms with Crippen LogP contribution in [0.3, 0.4) is 0 Å². The minimum Gasteiger partial charge on any atom is -0.434 e. The molecule has 26 heavy (non-hydrogen) atoms. The van der Waals surface area contributed by atoms with Gasteiger partial charge in [0, 0.05) is 11.7 Å². The molecule has 1 atom stereocenters. The number of ether oxygens (including phenoxy) is 1. The molecular weight excluding hydrogens is 340 g/mol.